The average molecular weight is 543 g/mol. The lowest BCUT2D eigenvalue weighted by molar-refractivity contribution is -0.137. The van der Waals surface area contributed by atoms with Gasteiger partial charge in [0.05, 0.1) is 23.7 Å². The molecule has 0 unspecified atom stereocenters. The van der Waals surface area contributed by atoms with Crippen molar-refractivity contribution in [3.8, 4) is 28.0 Å². The summed E-state index contributed by atoms with van der Waals surface area (Å²) in [5.74, 6) is -0.638. The predicted octanol–water partition coefficient (Wildman–Crippen LogP) is 5.04. The molecule has 0 bridgehead atoms. The SMILES string of the molecule is CS(=O)(=O)Nc1cc(N2CCc3cc(-c4cc(-c5cn[nH]c5)cc(C(F)(F)F)c4)ccc3C2=O)ccc1O. The van der Waals surface area contributed by atoms with Crippen LogP contribution in [0.2, 0.25) is 0 Å². The highest BCUT2D eigenvalue weighted by Gasteiger charge is 2.32. The zero-order chi connectivity index (χ0) is 27.2. The fourth-order valence-electron chi connectivity index (χ4n) is 4.42. The van der Waals surface area contributed by atoms with E-state index in [1.807, 2.05) is 0 Å². The summed E-state index contributed by atoms with van der Waals surface area (Å²) in [6, 6.07) is 12.8. The number of aromatic nitrogens is 2. The van der Waals surface area contributed by atoms with Gasteiger partial charge in [-0.1, -0.05) is 12.1 Å². The molecule has 1 aliphatic heterocycles. The molecule has 0 fully saturated rings. The number of anilines is 2. The van der Waals surface area contributed by atoms with E-state index in [1.165, 1.54) is 35.5 Å². The van der Waals surface area contributed by atoms with Gasteiger partial charge in [0, 0.05) is 29.6 Å². The van der Waals surface area contributed by atoms with Crippen LogP contribution in [0.1, 0.15) is 21.5 Å². The zero-order valence-corrected chi connectivity index (χ0v) is 20.7. The quantitative estimate of drug-likeness (QED) is 0.306. The van der Waals surface area contributed by atoms with Crippen molar-refractivity contribution in [1.82, 2.24) is 10.2 Å². The molecule has 0 spiro atoms. The number of hydrogen-bond acceptors (Lipinski definition) is 5. The number of alkyl halides is 3. The van der Waals surface area contributed by atoms with Crippen molar-refractivity contribution in [2.75, 3.05) is 22.4 Å². The Balaban J connectivity index is 1.49. The van der Waals surface area contributed by atoms with Crippen molar-refractivity contribution in [3.05, 3.63) is 83.7 Å². The number of benzene rings is 3. The molecule has 3 aromatic carbocycles. The van der Waals surface area contributed by atoms with Crippen LogP contribution in [0.15, 0.2) is 67.0 Å². The maximum absolute atomic E-state index is 13.7. The summed E-state index contributed by atoms with van der Waals surface area (Å²) in [5.41, 5.74) is 2.35. The van der Waals surface area contributed by atoms with E-state index in [9.17, 15) is 31.5 Å². The Labute approximate surface area is 215 Å². The Morgan fingerprint density at radius 2 is 1.74 bits per heavy atom. The number of hydrogen-bond donors (Lipinski definition) is 3. The van der Waals surface area contributed by atoms with E-state index in [0.29, 0.717) is 45.5 Å². The maximum Gasteiger partial charge on any atom is 0.416 e. The van der Waals surface area contributed by atoms with Crippen molar-refractivity contribution >= 4 is 27.3 Å². The van der Waals surface area contributed by atoms with Crippen LogP contribution in [0, 0.1) is 0 Å². The largest absolute Gasteiger partial charge is 0.506 e. The molecule has 8 nitrogen and oxygen atoms in total. The van der Waals surface area contributed by atoms with Crippen LogP contribution < -0.4 is 9.62 Å². The van der Waals surface area contributed by atoms with Gasteiger partial charge in [-0.05, 0) is 71.1 Å². The third-order valence-corrected chi connectivity index (χ3v) is 6.79. The second-order valence-electron chi connectivity index (χ2n) is 8.94. The summed E-state index contributed by atoms with van der Waals surface area (Å²) >= 11 is 0. The summed E-state index contributed by atoms with van der Waals surface area (Å²) < 4.78 is 66.4. The first-order chi connectivity index (χ1) is 17.9. The first kappa shape index (κ1) is 25.3. The van der Waals surface area contributed by atoms with Crippen LogP contribution in [0.5, 0.6) is 5.75 Å². The Hall–Kier alpha value is -4.32. The number of aromatic hydroxyl groups is 1. The van der Waals surface area contributed by atoms with Crippen LogP contribution in [-0.4, -0.2) is 42.4 Å². The van der Waals surface area contributed by atoms with E-state index < -0.39 is 21.8 Å². The molecule has 0 saturated carbocycles. The van der Waals surface area contributed by atoms with Gasteiger partial charge in [-0.25, -0.2) is 8.42 Å². The number of carbonyl (C=O) groups is 1. The number of amides is 1. The van der Waals surface area contributed by atoms with E-state index >= 15 is 0 Å². The minimum absolute atomic E-state index is 0.0584. The average Bonchev–Trinajstić information content (AvgIpc) is 3.39. The zero-order valence-electron chi connectivity index (χ0n) is 19.9. The third-order valence-electron chi connectivity index (χ3n) is 6.20. The summed E-state index contributed by atoms with van der Waals surface area (Å²) in [5, 5.41) is 16.4. The summed E-state index contributed by atoms with van der Waals surface area (Å²) in [4.78, 5) is 14.8. The number of H-pyrrole nitrogens is 1. The van der Waals surface area contributed by atoms with E-state index in [0.717, 1.165) is 18.4 Å². The third kappa shape index (κ3) is 5.07. The molecule has 2 heterocycles. The molecule has 0 aliphatic carbocycles. The van der Waals surface area contributed by atoms with E-state index in [1.54, 1.807) is 24.3 Å². The van der Waals surface area contributed by atoms with Gasteiger partial charge in [0.1, 0.15) is 5.75 Å². The number of fused-ring (bicyclic) bond motifs is 1. The van der Waals surface area contributed by atoms with Crippen LogP contribution in [0.25, 0.3) is 22.3 Å². The number of phenols is 1. The molecule has 1 aromatic heterocycles. The summed E-state index contributed by atoms with van der Waals surface area (Å²) in [6.45, 7) is 0.251. The highest BCUT2D eigenvalue weighted by Crippen LogP contribution is 2.38. The van der Waals surface area contributed by atoms with Crippen molar-refractivity contribution in [2.24, 2.45) is 0 Å². The summed E-state index contributed by atoms with van der Waals surface area (Å²) in [6.07, 6.45) is -0.229. The fraction of sp³-hybridized carbons (Fsp3) is 0.154. The number of carbonyl (C=O) groups excluding carboxylic acids is 1. The molecular formula is C26H21F3N4O4S. The smallest absolute Gasteiger partial charge is 0.416 e. The van der Waals surface area contributed by atoms with Crippen LogP contribution >= 0.6 is 0 Å². The molecule has 0 saturated heterocycles. The highest BCUT2D eigenvalue weighted by molar-refractivity contribution is 7.92. The molecule has 1 aliphatic rings. The normalized spacial score (nSPS) is 13.9. The molecule has 4 aromatic rings. The Kier molecular flexibility index (Phi) is 6.14. The second kappa shape index (κ2) is 9.21. The van der Waals surface area contributed by atoms with Gasteiger partial charge in [-0.3, -0.25) is 14.6 Å². The molecule has 196 valence electrons. The lowest BCUT2D eigenvalue weighted by Gasteiger charge is -2.29. The molecule has 0 atom stereocenters. The highest BCUT2D eigenvalue weighted by atomic mass is 32.2. The van der Waals surface area contributed by atoms with Crippen LogP contribution in [-0.2, 0) is 22.6 Å². The number of halogens is 3. The van der Waals surface area contributed by atoms with Crippen molar-refractivity contribution in [3.63, 3.8) is 0 Å². The van der Waals surface area contributed by atoms with Crippen molar-refractivity contribution in [1.29, 1.82) is 0 Å². The van der Waals surface area contributed by atoms with E-state index in [2.05, 4.69) is 14.9 Å². The number of phenolic OH excluding ortho intramolecular Hbond substituents is 1. The molecule has 1 amide bonds. The van der Waals surface area contributed by atoms with Gasteiger partial charge >= 0.3 is 6.18 Å². The number of nitrogens with zero attached hydrogens (tertiary/aromatic N) is 2. The molecule has 0 radical (unpaired) electrons. The van der Waals surface area contributed by atoms with Crippen molar-refractivity contribution < 1.29 is 31.5 Å². The van der Waals surface area contributed by atoms with E-state index in [4.69, 9.17) is 0 Å². The minimum atomic E-state index is -4.55. The molecule has 12 heteroatoms. The molecule has 5 rings (SSSR count). The summed E-state index contributed by atoms with van der Waals surface area (Å²) in [7, 11) is -3.66. The standard InChI is InChI=1S/C26H21F3N4O4S/c1-38(36,37)32-23-12-21(3-5-24(23)34)33-7-6-16-8-15(2-4-22(16)25(33)35)17-9-18(19-13-30-31-14-19)11-20(10-17)26(27,28)29/h2-5,8-14,32,34H,6-7H2,1H3,(H,30,31). The first-order valence-corrected chi connectivity index (χ1v) is 13.3. The van der Waals surface area contributed by atoms with Gasteiger partial charge < -0.3 is 10.0 Å². The van der Waals surface area contributed by atoms with Gasteiger partial charge in [0.25, 0.3) is 5.91 Å². The van der Waals surface area contributed by atoms with Gasteiger partial charge in [-0.2, -0.15) is 18.3 Å². The number of nitrogens with one attached hydrogen (secondary N) is 2. The van der Waals surface area contributed by atoms with E-state index in [-0.39, 0.29) is 23.9 Å². The fourth-order valence-corrected chi connectivity index (χ4v) is 4.98. The second-order valence-corrected chi connectivity index (χ2v) is 10.7. The maximum atomic E-state index is 13.7. The van der Waals surface area contributed by atoms with Gasteiger partial charge in [0.15, 0.2) is 0 Å². The van der Waals surface area contributed by atoms with Crippen LogP contribution in [0.3, 0.4) is 0 Å². The number of aromatic amines is 1. The topological polar surface area (TPSA) is 115 Å². The Morgan fingerprint density at radius 3 is 2.39 bits per heavy atom. The molecular weight excluding hydrogens is 521 g/mol. The molecule has 3 N–H and O–H groups in total. The lowest BCUT2D eigenvalue weighted by Crippen LogP contribution is -2.37. The van der Waals surface area contributed by atoms with Crippen molar-refractivity contribution in [2.45, 2.75) is 12.6 Å². The Bertz CT molecular complexity index is 1650. The van der Waals surface area contributed by atoms with Gasteiger partial charge in [-0.15, -0.1) is 0 Å². The predicted molar refractivity (Wildman–Crippen MR) is 136 cm³/mol. The number of sulfonamides is 1. The minimum Gasteiger partial charge on any atom is -0.506 e. The molecule has 38 heavy (non-hydrogen) atoms. The Morgan fingerprint density at radius 1 is 1.00 bits per heavy atom. The van der Waals surface area contributed by atoms with Gasteiger partial charge in [0.2, 0.25) is 10.0 Å². The van der Waals surface area contributed by atoms with Crippen LogP contribution in [0.4, 0.5) is 24.5 Å². The number of rotatable bonds is 5. The lowest BCUT2D eigenvalue weighted by atomic mass is 9.91. The monoisotopic (exact) mass is 542 g/mol. The first-order valence-electron chi connectivity index (χ1n) is 11.4.